The first kappa shape index (κ1) is 8.43. The van der Waals surface area contributed by atoms with E-state index in [9.17, 15) is 4.79 Å². The van der Waals surface area contributed by atoms with E-state index in [1.807, 2.05) is 0 Å². The number of anilines is 1. The minimum atomic E-state index is -0.313. The zero-order valence-corrected chi connectivity index (χ0v) is 7.18. The summed E-state index contributed by atoms with van der Waals surface area (Å²) >= 11 is 0. The number of nitrogens with one attached hydrogen (secondary N) is 1. The number of carbonyl (C=O) groups is 1. The predicted octanol–water partition coefficient (Wildman–Crippen LogP) is 1.32. The number of amides is 1. The predicted molar refractivity (Wildman–Crippen MR) is 48.7 cm³/mol. The molecule has 0 fully saturated rings. The van der Waals surface area contributed by atoms with Gasteiger partial charge in [0, 0.05) is 12.3 Å². The van der Waals surface area contributed by atoms with Gasteiger partial charge >= 0.3 is 0 Å². The summed E-state index contributed by atoms with van der Waals surface area (Å²) < 4.78 is 4.55. The molecule has 70 valence electrons. The maximum absolute atomic E-state index is 11.4. The highest BCUT2D eigenvalue weighted by molar-refractivity contribution is 6.02. The van der Waals surface area contributed by atoms with Crippen LogP contribution in [0.25, 0.3) is 0 Å². The highest BCUT2D eigenvalue weighted by Crippen LogP contribution is 2.05. The second-order valence-electron chi connectivity index (χ2n) is 2.58. The maximum atomic E-state index is 11.4. The third-order valence-corrected chi connectivity index (χ3v) is 1.59. The number of rotatable bonds is 2. The summed E-state index contributed by atoms with van der Waals surface area (Å²) in [4.78, 5) is 15.3. The summed E-state index contributed by atoms with van der Waals surface area (Å²) in [5, 5.41) is 6.13. The number of hydrogen-bond donors (Lipinski definition) is 1. The van der Waals surface area contributed by atoms with Gasteiger partial charge in [0.1, 0.15) is 6.26 Å². The molecule has 1 N–H and O–H groups in total. The van der Waals surface area contributed by atoms with E-state index < -0.39 is 0 Å². The molecular weight excluding hydrogens is 182 g/mol. The minimum absolute atomic E-state index is 0.244. The molecule has 0 bridgehead atoms. The normalized spacial score (nSPS) is 9.71. The summed E-state index contributed by atoms with van der Waals surface area (Å²) in [6, 6.07) is 4.97. The standard InChI is InChI=1S/C9H7N3O2/c13-9(8-3-5-14-12-8)11-7-2-1-4-10-6-7/h1-6H,(H,11,13). The fourth-order valence-electron chi connectivity index (χ4n) is 0.961. The Labute approximate surface area is 79.7 Å². The van der Waals surface area contributed by atoms with Gasteiger partial charge in [0.2, 0.25) is 0 Å². The molecule has 0 saturated heterocycles. The smallest absolute Gasteiger partial charge is 0.277 e. The zero-order chi connectivity index (χ0) is 9.80. The molecule has 0 unspecified atom stereocenters. The molecule has 14 heavy (non-hydrogen) atoms. The number of carbonyl (C=O) groups excluding carboxylic acids is 1. The summed E-state index contributed by atoms with van der Waals surface area (Å²) in [7, 11) is 0. The van der Waals surface area contributed by atoms with Crippen molar-refractivity contribution >= 4 is 11.6 Å². The minimum Gasteiger partial charge on any atom is -0.364 e. The van der Waals surface area contributed by atoms with Gasteiger partial charge in [-0.15, -0.1) is 0 Å². The lowest BCUT2D eigenvalue weighted by atomic mass is 10.3. The zero-order valence-electron chi connectivity index (χ0n) is 7.18. The molecule has 0 radical (unpaired) electrons. The van der Waals surface area contributed by atoms with Gasteiger partial charge in [-0.2, -0.15) is 0 Å². The van der Waals surface area contributed by atoms with Crippen molar-refractivity contribution < 1.29 is 9.32 Å². The quantitative estimate of drug-likeness (QED) is 0.773. The number of nitrogens with zero attached hydrogens (tertiary/aromatic N) is 2. The lowest BCUT2D eigenvalue weighted by Gasteiger charge is -2.00. The van der Waals surface area contributed by atoms with E-state index in [0.717, 1.165) is 0 Å². The molecule has 0 saturated carbocycles. The second-order valence-corrected chi connectivity index (χ2v) is 2.58. The van der Waals surface area contributed by atoms with E-state index >= 15 is 0 Å². The van der Waals surface area contributed by atoms with Crippen LogP contribution in [0.1, 0.15) is 10.5 Å². The SMILES string of the molecule is O=C(Nc1cccnc1)c1ccon1. The van der Waals surface area contributed by atoms with Crippen molar-refractivity contribution in [2.24, 2.45) is 0 Å². The van der Waals surface area contributed by atoms with Crippen molar-refractivity contribution in [1.82, 2.24) is 10.1 Å². The van der Waals surface area contributed by atoms with Crippen LogP contribution in [0.15, 0.2) is 41.4 Å². The van der Waals surface area contributed by atoms with Gasteiger partial charge in [-0.25, -0.2) is 0 Å². The fourth-order valence-corrected chi connectivity index (χ4v) is 0.961. The van der Waals surface area contributed by atoms with Crippen molar-refractivity contribution in [3.05, 3.63) is 42.5 Å². The van der Waals surface area contributed by atoms with Gasteiger partial charge in [-0.1, -0.05) is 5.16 Å². The van der Waals surface area contributed by atoms with Crippen molar-refractivity contribution in [1.29, 1.82) is 0 Å². The Morgan fingerprint density at radius 2 is 2.36 bits per heavy atom. The number of hydrogen-bond acceptors (Lipinski definition) is 4. The molecular formula is C9H7N3O2. The van der Waals surface area contributed by atoms with Gasteiger partial charge < -0.3 is 9.84 Å². The van der Waals surface area contributed by atoms with Crippen LogP contribution in [0.3, 0.4) is 0 Å². The van der Waals surface area contributed by atoms with Crippen LogP contribution in [-0.2, 0) is 0 Å². The molecule has 2 rings (SSSR count). The lowest BCUT2D eigenvalue weighted by molar-refractivity contribution is 0.101. The Kier molecular flexibility index (Phi) is 2.22. The molecule has 5 nitrogen and oxygen atoms in total. The van der Waals surface area contributed by atoms with Crippen molar-refractivity contribution in [2.75, 3.05) is 5.32 Å². The Hall–Kier alpha value is -2.17. The fraction of sp³-hybridized carbons (Fsp3) is 0. The number of pyridine rings is 1. The molecule has 2 aromatic rings. The van der Waals surface area contributed by atoms with Gasteiger partial charge in [0.25, 0.3) is 5.91 Å². The van der Waals surface area contributed by atoms with Crippen molar-refractivity contribution in [2.45, 2.75) is 0 Å². The molecule has 0 aromatic carbocycles. The molecule has 2 aromatic heterocycles. The second kappa shape index (κ2) is 3.69. The average Bonchev–Trinajstić information content (AvgIpc) is 2.72. The van der Waals surface area contributed by atoms with E-state index in [1.54, 1.807) is 24.5 Å². The van der Waals surface area contributed by atoms with Crippen LogP contribution in [0.5, 0.6) is 0 Å². The van der Waals surface area contributed by atoms with Crippen LogP contribution >= 0.6 is 0 Å². The van der Waals surface area contributed by atoms with Gasteiger partial charge in [0.05, 0.1) is 11.9 Å². The van der Waals surface area contributed by atoms with Crippen LogP contribution in [0, 0.1) is 0 Å². The maximum Gasteiger partial charge on any atom is 0.277 e. The molecule has 0 aliphatic carbocycles. The molecule has 0 aliphatic heterocycles. The highest BCUT2D eigenvalue weighted by atomic mass is 16.5. The lowest BCUT2D eigenvalue weighted by Crippen LogP contribution is -2.12. The molecule has 5 heteroatoms. The summed E-state index contributed by atoms with van der Waals surface area (Å²) in [6.07, 6.45) is 4.53. The van der Waals surface area contributed by atoms with Crippen LogP contribution in [0.4, 0.5) is 5.69 Å². The first-order valence-corrected chi connectivity index (χ1v) is 3.98. The van der Waals surface area contributed by atoms with E-state index in [-0.39, 0.29) is 11.6 Å². The van der Waals surface area contributed by atoms with Gasteiger partial charge in [-0.3, -0.25) is 9.78 Å². The molecule has 0 aliphatic rings. The third-order valence-electron chi connectivity index (χ3n) is 1.59. The van der Waals surface area contributed by atoms with Crippen molar-refractivity contribution in [3.63, 3.8) is 0 Å². The monoisotopic (exact) mass is 189 g/mol. The summed E-state index contributed by atoms with van der Waals surface area (Å²) in [6.45, 7) is 0. The average molecular weight is 189 g/mol. The summed E-state index contributed by atoms with van der Waals surface area (Å²) in [5.74, 6) is -0.313. The van der Waals surface area contributed by atoms with E-state index in [1.165, 1.54) is 12.3 Å². The van der Waals surface area contributed by atoms with E-state index in [2.05, 4.69) is 20.0 Å². The Balaban J connectivity index is 2.10. The molecule has 2 heterocycles. The Morgan fingerprint density at radius 3 is 3.00 bits per heavy atom. The van der Waals surface area contributed by atoms with E-state index in [0.29, 0.717) is 5.69 Å². The van der Waals surface area contributed by atoms with Crippen LogP contribution < -0.4 is 5.32 Å². The molecule has 1 amide bonds. The number of aromatic nitrogens is 2. The molecule has 0 atom stereocenters. The molecule has 0 spiro atoms. The third kappa shape index (κ3) is 1.77. The topological polar surface area (TPSA) is 68.0 Å². The highest BCUT2D eigenvalue weighted by Gasteiger charge is 2.08. The first-order valence-electron chi connectivity index (χ1n) is 3.98. The van der Waals surface area contributed by atoms with Crippen LogP contribution in [0.2, 0.25) is 0 Å². The Bertz CT molecular complexity index is 411. The van der Waals surface area contributed by atoms with Gasteiger partial charge in [0.15, 0.2) is 5.69 Å². The van der Waals surface area contributed by atoms with Gasteiger partial charge in [-0.05, 0) is 12.1 Å². The van der Waals surface area contributed by atoms with Crippen molar-refractivity contribution in [3.8, 4) is 0 Å². The largest absolute Gasteiger partial charge is 0.364 e. The summed E-state index contributed by atoms with van der Waals surface area (Å²) in [5.41, 5.74) is 0.870. The first-order chi connectivity index (χ1) is 6.86. The Morgan fingerprint density at radius 1 is 1.43 bits per heavy atom. The van der Waals surface area contributed by atoms with Crippen LogP contribution in [-0.4, -0.2) is 16.0 Å². The van der Waals surface area contributed by atoms with E-state index in [4.69, 9.17) is 0 Å².